The Morgan fingerprint density at radius 3 is 2.62 bits per heavy atom. The molecule has 0 radical (unpaired) electrons. The van der Waals surface area contributed by atoms with E-state index in [1.807, 2.05) is 7.05 Å². The van der Waals surface area contributed by atoms with Gasteiger partial charge in [-0.2, -0.15) is 0 Å². The molecule has 5 nitrogen and oxygen atoms in total. The summed E-state index contributed by atoms with van der Waals surface area (Å²) in [7, 11) is 3.52. The Kier molecular flexibility index (Phi) is 5.64. The van der Waals surface area contributed by atoms with Gasteiger partial charge in [0.2, 0.25) is 0 Å². The molecule has 0 amide bonds. The number of nitrogens with one attached hydrogen (secondary N) is 1. The number of H-pyrrole nitrogens is 1. The van der Waals surface area contributed by atoms with Gasteiger partial charge in [0.15, 0.2) is 21.1 Å². The Morgan fingerprint density at radius 1 is 1.19 bits per heavy atom. The molecule has 0 saturated heterocycles. The van der Waals surface area contributed by atoms with Crippen LogP contribution >= 0.6 is 24.0 Å². The summed E-state index contributed by atoms with van der Waals surface area (Å²) in [6.07, 6.45) is 6.31. The Labute approximate surface area is 133 Å². The molecule has 0 aromatic carbocycles. The first-order valence-electron chi connectivity index (χ1n) is 7.34. The summed E-state index contributed by atoms with van der Waals surface area (Å²) in [5.74, 6) is 1.02. The SMILES string of the molecule is CCCCCCCSc1nc2c([nH]1)c(=O)n(C)c(=S)n2C. The summed E-state index contributed by atoms with van der Waals surface area (Å²) >= 11 is 6.90. The van der Waals surface area contributed by atoms with E-state index < -0.39 is 0 Å². The van der Waals surface area contributed by atoms with Crippen molar-refractivity contribution in [1.29, 1.82) is 0 Å². The van der Waals surface area contributed by atoms with Crippen molar-refractivity contribution in [2.24, 2.45) is 14.1 Å². The topological polar surface area (TPSA) is 55.6 Å². The minimum absolute atomic E-state index is 0.115. The zero-order valence-corrected chi connectivity index (χ0v) is 14.4. The van der Waals surface area contributed by atoms with E-state index in [9.17, 15) is 4.79 Å². The predicted octanol–water partition coefficient (Wildman–Crippen LogP) is 3.39. The molecular formula is C14H22N4OS2. The van der Waals surface area contributed by atoms with Gasteiger partial charge in [-0.25, -0.2) is 4.98 Å². The van der Waals surface area contributed by atoms with Crippen molar-refractivity contribution in [3.05, 3.63) is 15.1 Å². The van der Waals surface area contributed by atoms with Gasteiger partial charge in [0.1, 0.15) is 0 Å². The molecular weight excluding hydrogens is 304 g/mol. The number of aromatic nitrogens is 4. The molecule has 0 atom stereocenters. The molecule has 0 aliphatic rings. The monoisotopic (exact) mass is 326 g/mol. The molecule has 0 aliphatic carbocycles. The fourth-order valence-electron chi connectivity index (χ4n) is 2.25. The maximum Gasteiger partial charge on any atom is 0.280 e. The van der Waals surface area contributed by atoms with Crippen LogP contribution < -0.4 is 5.56 Å². The van der Waals surface area contributed by atoms with Crippen LogP contribution in [0.4, 0.5) is 0 Å². The van der Waals surface area contributed by atoms with Crippen molar-refractivity contribution in [2.45, 2.75) is 44.2 Å². The lowest BCUT2D eigenvalue weighted by Crippen LogP contribution is -2.21. The van der Waals surface area contributed by atoms with Crippen LogP contribution in [0.5, 0.6) is 0 Å². The lowest BCUT2D eigenvalue weighted by Gasteiger charge is -2.03. The number of rotatable bonds is 7. The fraction of sp³-hybridized carbons (Fsp3) is 0.643. The van der Waals surface area contributed by atoms with Crippen LogP contribution in [0.1, 0.15) is 39.0 Å². The van der Waals surface area contributed by atoms with Crippen LogP contribution in [-0.4, -0.2) is 24.9 Å². The van der Waals surface area contributed by atoms with Crippen LogP contribution in [0, 0.1) is 4.77 Å². The summed E-state index contributed by atoms with van der Waals surface area (Å²) in [6.45, 7) is 2.22. The molecule has 2 rings (SSSR count). The molecule has 2 aromatic rings. The molecule has 0 saturated carbocycles. The smallest absolute Gasteiger partial charge is 0.280 e. The number of aryl methyl sites for hydroxylation is 1. The van der Waals surface area contributed by atoms with Gasteiger partial charge in [0.25, 0.3) is 5.56 Å². The molecule has 0 spiro atoms. The van der Waals surface area contributed by atoms with Gasteiger partial charge in [-0.3, -0.25) is 9.36 Å². The maximum absolute atomic E-state index is 12.2. The van der Waals surface area contributed by atoms with Gasteiger partial charge in [0.05, 0.1) is 0 Å². The number of unbranched alkanes of at least 4 members (excludes halogenated alkanes) is 4. The van der Waals surface area contributed by atoms with E-state index >= 15 is 0 Å². The molecule has 116 valence electrons. The molecule has 7 heteroatoms. The van der Waals surface area contributed by atoms with Crippen LogP contribution in [-0.2, 0) is 14.1 Å². The summed E-state index contributed by atoms with van der Waals surface area (Å²) in [5.41, 5.74) is 1.05. The highest BCUT2D eigenvalue weighted by atomic mass is 32.2. The van der Waals surface area contributed by atoms with Gasteiger partial charge in [0, 0.05) is 19.8 Å². The van der Waals surface area contributed by atoms with E-state index in [0.717, 1.165) is 10.9 Å². The third-order valence-electron chi connectivity index (χ3n) is 3.56. The van der Waals surface area contributed by atoms with E-state index in [1.165, 1.54) is 36.7 Å². The quantitative estimate of drug-likeness (QED) is 0.481. The molecule has 0 fully saturated rings. The Morgan fingerprint density at radius 2 is 1.90 bits per heavy atom. The molecule has 2 aromatic heterocycles. The van der Waals surface area contributed by atoms with Crippen molar-refractivity contribution in [2.75, 3.05) is 5.75 Å². The predicted molar refractivity (Wildman–Crippen MR) is 90.6 cm³/mol. The van der Waals surface area contributed by atoms with E-state index in [2.05, 4.69) is 16.9 Å². The summed E-state index contributed by atoms with van der Waals surface area (Å²) in [6, 6.07) is 0. The lowest BCUT2D eigenvalue weighted by molar-refractivity contribution is 0.659. The van der Waals surface area contributed by atoms with E-state index in [1.54, 1.807) is 23.4 Å². The molecule has 2 heterocycles. The van der Waals surface area contributed by atoms with Gasteiger partial charge in [-0.05, 0) is 18.6 Å². The highest BCUT2D eigenvalue weighted by Crippen LogP contribution is 2.19. The molecule has 0 aliphatic heterocycles. The van der Waals surface area contributed by atoms with Gasteiger partial charge >= 0.3 is 0 Å². The van der Waals surface area contributed by atoms with Crippen molar-refractivity contribution in [3.8, 4) is 0 Å². The largest absolute Gasteiger partial charge is 0.327 e. The molecule has 21 heavy (non-hydrogen) atoms. The first-order chi connectivity index (χ1) is 10.1. The van der Waals surface area contributed by atoms with Crippen LogP contribution in [0.3, 0.4) is 0 Å². The van der Waals surface area contributed by atoms with Gasteiger partial charge in [-0.1, -0.05) is 44.4 Å². The molecule has 0 unspecified atom stereocenters. The third kappa shape index (κ3) is 3.58. The average molecular weight is 326 g/mol. The molecule has 0 bridgehead atoms. The second-order valence-corrected chi connectivity index (χ2v) is 6.66. The number of hydrogen-bond acceptors (Lipinski definition) is 4. The minimum atomic E-state index is -0.115. The van der Waals surface area contributed by atoms with Crippen molar-refractivity contribution < 1.29 is 0 Å². The zero-order valence-electron chi connectivity index (χ0n) is 12.8. The summed E-state index contributed by atoms with van der Waals surface area (Å²) < 4.78 is 3.72. The minimum Gasteiger partial charge on any atom is -0.327 e. The maximum atomic E-state index is 12.2. The Bertz CT molecular complexity index is 729. The number of nitrogens with zero attached hydrogens (tertiary/aromatic N) is 3. The van der Waals surface area contributed by atoms with Crippen molar-refractivity contribution in [3.63, 3.8) is 0 Å². The van der Waals surface area contributed by atoms with E-state index in [-0.39, 0.29) is 5.56 Å². The lowest BCUT2D eigenvalue weighted by atomic mass is 10.2. The summed E-state index contributed by atoms with van der Waals surface area (Å²) in [4.78, 5) is 19.8. The van der Waals surface area contributed by atoms with Gasteiger partial charge in [-0.15, -0.1) is 0 Å². The van der Waals surface area contributed by atoms with Crippen molar-refractivity contribution in [1.82, 2.24) is 19.1 Å². The first kappa shape index (κ1) is 16.3. The Balaban J connectivity index is 2.10. The number of thioether (sulfide) groups is 1. The zero-order chi connectivity index (χ0) is 15.4. The number of hydrogen-bond donors (Lipinski definition) is 1. The fourth-order valence-corrected chi connectivity index (χ4v) is 3.28. The second kappa shape index (κ2) is 7.26. The third-order valence-corrected chi connectivity index (χ3v) is 5.07. The van der Waals surface area contributed by atoms with Crippen LogP contribution in [0.2, 0.25) is 0 Å². The van der Waals surface area contributed by atoms with E-state index in [4.69, 9.17) is 12.2 Å². The number of aromatic amines is 1. The number of fused-ring (bicyclic) bond motifs is 1. The standard InChI is InChI=1S/C14H22N4OS2/c1-4-5-6-7-8-9-21-13-15-10-11(16-13)17(2)14(20)18(3)12(10)19/h4-9H2,1-3H3,(H,15,16). The average Bonchev–Trinajstić information content (AvgIpc) is 2.91. The van der Waals surface area contributed by atoms with Crippen LogP contribution in [0.25, 0.3) is 11.2 Å². The van der Waals surface area contributed by atoms with Crippen molar-refractivity contribution >= 4 is 35.1 Å². The first-order valence-corrected chi connectivity index (χ1v) is 8.74. The Hall–Kier alpha value is -1.08. The molecule has 1 N–H and O–H groups in total. The second-order valence-electron chi connectivity index (χ2n) is 5.21. The highest BCUT2D eigenvalue weighted by Gasteiger charge is 2.11. The van der Waals surface area contributed by atoms with Gasteiger partial charge < -0.3 is 9.55 Å². The summed E-state index contributed by atoms with van der Waals surface area (Å²) in [5, 5.41) is 0.800. The van der Waals surface area contributed by atoms with Crippen LogP contribution in [0.15, 0.2) is 9.95 Å². The van der Waals surface area contributed by atoms with E-state index in [0.29, 0.717) is 15.9 Å². The number of imidazole rings is 1. The highest BCUT2D eigenvalue weighted by molar-refractivity contribution is 7.99. The normalized spacial score (nSPS) is 11.4.